The number of aryl methyl sites for hydroxylation is 1. The monoisotopic (exact) mass is 221 g/mol. The molecule has 0 spiro atoms. The van der Waals surface area contributed by atoms with Crippen LogP contribution in [0.1, 0.15) is 38.8 Å². The minimum Gasteiger partial charge on any atom is -0.492 e. The van der Waals surface area contributed by atoms with Crippen molar-refractivity contribution < 1.29 is 4.74 Å². The summed E-state index contributed by atoms with van der Waals surface area (Å²) >= 11 is 0. The van der Waals surface area contributed by atoms with Gasteiger partial charge < -0.3 is 10.5 Å². The zero-order valence-electron chi connectivity index (χ0n) is 11.0. The standard InChI is InChI=1S/C14H23NO/c1-10-6-7-13(16-9-11(2)15)12(8-10)14(3,4)5/h6-8,11H,9,15H2,1-5H3/t11-/m0/s1. The molecule has 2 nitrogen and oxygen atoms in total. The van der Waals surface area contributed by atoms with Crippen LogP contribution in [-0.2, 0) is 5.41 Å². The van der Waals surface area contributed by atoms with Crippen molar-refractivity contribution in [3.63, 3.8) is 0 Å². The second-order valence-corrected chi connectivity index (χ2v) is 5.54. The minimum absolute atomic E-state index is 0.0640. The van der Waals surface area contributed by atoms with Gasteiger partial charge in [0.2, 0.25) is 0 Å². The molecular weight excluding hydrogens is 198 g/mol. The van der Waals surface area contributed by atoms with Crippen molar-refractivity contribution in [2.75, 3.05) is 6.61 Å². The Hall–Kier alpha value is -1.02. The predicted octanol–water partition coefficient (Wildman–Crippen LogP) is 3.02. The van der Waals surface area contributed by atoms with E-state index in [1.165, 1.54) is 11.1 Å². The van der Waals surface area contributed by atoms with Gasteiger partial charge in [-0.3, -0.25) is 0 Å². The Labute approximate surface area is 98.8 Å². The fourth-order valence-corrected chi connectivity index (χ4v) is 1.58. The van der Waals surface area contributed by atoms with Gasteiger partial charge in [-0.25, -0.2) is 0 Å². The molecule has 1 atom stereocenters. The summed E-state index contributed by atoms with van der Waals surface area (Å²) in [6, 6.07) is 6.37. The van der Waals surface area contributed by atoms with Crippen LogP contribution in [0, 0.1) is 6.92 Å². The second kappa shape index (κ2) is 4.88. The maximum atomic E-state index is 5.76. The molecule has 0 unspecified atom stereocenters. The van der Waals surface area contributed by atoms with Crippen molar-refractivity contribution >= 4 is 0 Å². The minimum atomic E-state index is 0.0640. The SMILES string of the molecule is Cc1ccc(OC[C@H](C)N)c(C(C)(C)C)c1. The van der Waals surface area contributed by atoms with Crippen LogP contribution in [-0.4, -0.2) is 12.6 Å². The summed E-state index contributed by atoms with van der Waals surface area (Å²) in [4.78, 5) is 0. The van der Waals surface area contributed by atoms with E-state index in [1.54, 1.807) is 0 Å². The van der Waals surface area contributed by atoms with Crippen molar-refractivity contribution in [3.8, 4) is 5.75 Å². The van der Waals surface area contributed by atoms with Crippen LogP contribution < -0.4 is 10.5 Å². The average molecular weight is 221 g/mol. The van der Waals surface area contributed by atoms with Gasteiger partial charge in [-0.1, -0.05) is 38.5 Å². The van der Waals surface area contributed by atoms with Crippen LogP contribution in [0.3, 0.4) is 0 Å². The van der Waals surface area contributed by atoms with Gasteiger partial charge in [-0.05, 0) is 30.9 Å². The van der Waals surface area contributed by atoms with E-state index in [-0.39, 0.29) is 11.5 Å². The van der Waals surface area contributed by atoms with Gasteiger partial charge >= 0.3 is 0 Å². The summed E-state index contributed by atoms with van der Waals surface area (Å²) in [5, 5.41) is 0. The largest absolute Gasteiger partial charge is 0.492 e. The Kier molecular flexibility index (Phi) is 3.98. The van der Waals surface area contributed by atoms with E-state index in [0.29, 0.717) is 6.61 Å². The molecule has 0 aliphatic rings. The molecule has 16 heavy (non-hydrogen) atoms. The first-order valence-electron chi connectivity index (χ1n) is 5.80. The molecule has 0 aliphatic carbocycles. The van der Waals surface area contributed by atoms with Crippen LogP contribution in [0.15, 0.2) is 18.2 Å². The molecule has 0 aromatic heterocycles. The summed E-state index contributed by atoms with van der Waals surface area (Å²) in [7, 11) is 0. The highest BCUT2D eigenvalue weighted by atomic mass is 16.5. The molecule has 0 fully saturated rings. The van der Waals surface area contributed by atoms with Crippen LogP contribution in [0.25, 0.3) is 0 Å². The Bertz CT molecular complexity index is 350. The fraction of sp³-hybridized carbons (Fsp3) is 0.571. The van der Waals surface area contributed by atoms with Crippen molar-refractivity contribution in [3.05, 3.63) is 29.3 Å². The molecule has 0 amide bonds. The van der Waals surface area contributed by atoms with Crippen molar-refractivity contribution in [1.29, 1.82) is 0 Å². The smallest absolute Gasteiger partial charge is 0.123 e. The lowest BCUT2D eigenvalue weighted by Crippen LogP contribution is -2.25. The number of nitrogens with two attached hydrogens (primary N) is 1. The second-order valence-electron chi connectivity index (χ2n) is 5.54. The van der Waals surface area contributed by atoms with Crippen LogP contribution in [0.5, 0.6) is 5.75 Å². The summed E-state index contributed by atoms with van der Waals surface area (Å²) in [6.07, 6.45) is 0. The highest BCUT2D eigenvalue weighted by Gasteiger charge is 2.19. The zero-order valence-corrected chi connectivity index (χ0v) is 11.0. The molecule has 0 heterocycles. The molecule has 0 radical (unpaired) electrons. The van der Waals surface area contributed by atoms with E-state index in [0.717, 1.165) is 5.75 Å². The van der Waals surface area contributed by atoms with Gasteiger partial charge in [-0.15, -0.1) is 0 Å². The zero-order chi connectivity index (χ0) is 12.3. The summed E-state index contributed by atoms with van der Waals surface area (Å²) in [5.74, 6) is 0.954. The summed E-state index contributed by atoms with van der Waals surface area (Å²) in [5.41, 5.74) is 8.31. The fourth-order valence-electron chi connectivity index (χ4n) is 1.58. The lowest BCUT2D eigenvalue weighted by atomic mass is 9.85. The maximum absolute atomic E-state index is 5.76. The van der Waals surface area contributed by atoms with Crippen LogP contribution in [0.4, 0.5) is 0 Å². The first-order valence-corrected chi connectivity index (χ1v) is 5.80. The molecule has 1 aromatic rings. The number of rotatable bonds is 3. The van der Waals surface area contributed by atoms with Crippen LogP contribution >= 0.6 is 0 Å². The van der Waals surface area contributed by atoms with Gasteiger partial charge in [0.25, 0.3) is 0 Å². The molecular formula is C14H23NO. The highest BCUT2D eigenvalue weighted by molar-refractivity contribution is 5.41. The number of benzene rings is 1. The third-order valence-electron chi connectivity index (χ3n) is 2.44. The van der Waals surface area contributed by atoms with Crippen molar-refractivity contribution in [1.82, 2.24) is 0 Å². The first-order chi connectivity index (χ1) is 7.30. The van der Waals surface area contributed by atoms with Crippen LogP contribution in [0.2, 0.25) is 0 Å². The molecule has 1 rings (SSSR count). The summed E-state index contributed by atoms with van der Waals surface area (Å²) < 4.78 is 5.76. The maximum Gasteiger partial charge on any atom is 0.123 e. The van der Waals surface area contributed by atoms with E-state index in [9.17, 15) is 0 Å². The molecule has 0 bridgehead atoms. The van der Waals surface area contributed by atoms with Crippen molar-refractivity contribution in [2.45, 2.75) is 46.1 Å². The van der Waals surface area contributed by atoms with Gasteiger partial charge in [0, 0.05) is 6.04 Å². The Balaban J connectivity index is 2.99. The van der Waals surface area contributed by atoms with Gasteiger partial charge in [-0.2, -0.15) is 0 Å². The normalized spacial score (nSPS) is 13.6. The molecule has 0 saturated carbocycles. The molecule has 2 N–H and O–H groups in total. The lowest BCUT2D eigenvalue weighted by molar-refractivity contribution is 0.289. The van der Waals surface area contributed by atoms with E-state index in [2.05, 4.69) is 39.8 Å². The van der Waals surface area contributed by atoms with Crippen molar-refractivity contribution in [2.24, 2.45) is 5.73 Å². The molecule has 90 valence electrons. The Morgan fingerprint density at radius 3 is 2.44 bits per heavy atom. The quantitative estimate of drug-likeness (QED) is 0.851. The number of hydrogen-bond acceptors (Lipinski definition) is 2. The average Bonchev–Trinajstić information content (AvgIpc) is 2.14. The highest BCUT2D eigenvalue weighted by Crippen LogP contribution is 2.32. The van der Waals surface area contributed by atoms with E-state index >= 15 is 0 Å². The molecule has 0 aliphatic heterocycles. The van der Waals surface area contributed by atoms with E-state index < -0.39 is 0 Å². The number of ether oxygens (including phenoxy) is 1. The Morgan fingerprint density at radius 2 is 1.94 bits per heavy atom. The topological polar surface area (TPSA) is 35.2 Å². The van der Waals surface area contributed by atoms with Gasteiger partial charge in [0.1, 0.15) is 12.4 Å². The van der Waals surface area contributed by atoms with Gasteiger partial charge in [0.15, 0.2) is 0 Å². The van der Waals surface area contributed by atoms with Gasteiger partial charge in [0.05, 0.1) is 0 Å². The Morgan fingerprint density at radius 1 is 1.31 bits per heavy atom. The van der Waals surface area contributed by atoms with E-state index in [1.807, 2.05) is 13.0 Å². The number of hydrogen-bond donors (Lipinski definition) is 1. The molecule has 1 aromatic carbocycles. The third-order valence-corrected chi connectivity index (χ3v) is 2.44. The lowest BCUT2D eigenvalue weighted by Gasteiger charge is -2.23. The van der Waals surface area contributed by atoms with E-state index in [4.69, 9.17) is 10.5 Å². The summed E-state index contributed by atoms with van der Waals surface area (Å²) in [6.45, 7) is 11.2. The third kappa shape index (κ3) is 3.53. The predicted molar refractivity (Wildman–Crippen MR) is 69.0 cm³/mol. The molecule has 2 heteroatoms. The first kappa shape index (κ1) is 13.0. The molecule has 0 saturated heterocycles.